The van der Waals surface area contributed by atoms with Crippen molar-refractivity contribution in [2.75, 3.05) is 5.32 Å². The molecule has 0 aliphatic rings. The summed E-state index contributed by atoms with van der Waals surface area (Å²) in [5.74, 6) is 0. The van der Waals surface area contributed by atoms with Gasteiger partial charge in [-0.25, -0.2) is 9.97 Å². The highest BCUT2D eigenvalue weighted by Gasteiger charge is 2.11. The molecule has 3 nitrogen and oxygen atoms in total. The Balaban J connectivity index is 2.21. The van der Waals surface area contributed by atoms with Crippen LogP contribution in [0.15, 0.2) is 5.38 Å². The van der Waals surface area contributed by atoms with E-state index >= 15 is 0 Å². The molecule has 0 aliphatic heterocycles. The highest BCUT2D eigenvalue weighted by molar-refractivity contribution is 7.16. The second kappa shape index (κ2) is 5.14. The third-order valence-electron chi connectivity index (χ3n) is 2.62. The number of thiazole rings is 2. The Bertz CT molecular complexity index is 502. The van der Waals surface area contributed by atoms with E-state index in [0.717, 1.165) is 27.9 Å². The molecule has 92 valence electrons. The van der Waals surface area contributed by atoms with Crippen LogP contribution in [0.3, 0.4) is 0 Å². The van der Waals surface area contributed by atoms with Crippen molar-refractivity contribution in [3.63, 3.8) is 0 Å². The Morgan fingerprint density at radius 2 is 2.12 bits per heavy atom. The van der Waals surface area contributed by atoms with E-state index in [0.29, 0.717) is 6.04 Å². The molecule has 0 spiro atoms. The average Bonchev–Trinajstić information content (AvgIpc) is 2.85. The van der Waals surface area contributed by atoms with Crippen LogP contribution in [0, 0.1) is 13.8 Å². The van der Waals surface area contributed by atoms with Crippen LogP contribution < -0.4 is 5.32 Å². The van der Waals surface area contributed by atoms with Gasteiger partial charge in [-0.15, -0.1) is 22.7 Å². The third-order valence-corrected chi connectivity index (χ3v) is 4.49. The number of hydrogen-bond donors (Lipinski definition) is 1. The van der Waals surface area contributed by atoms with Crippen molar-refractivity contribution in [1.29, 1.82) is 0 Å². The topological polar surface area (TPSA) is 37.8 Å². The van der Waals surface area contributed by atoms with Gasteiger partial charge in [0, 0.05) is 11.4 Å². The van der Waals surface area contributed by atoms with Crippen LogP contribution in [0.2, 0.25) is 0 Å². The fourth-order valence-electron chi connectivity index (χ4n) is 1.53. The zero-order valence-corrected chi connectivity index (χ0v) is 12.2. The molecule has 0 amide bonds. The molecule has 1 unspecified atom stereocenters. The molecule has 1 N–H and O–H groups in total. The Morgan fingerprint density at radius 1 is 1.35 bits per heavy atom. The fourth-order valence-corrected chi connectivity index (χ4v) is 3.30. The fraction of sp³-hybridized carbons (Fsp3) is 0.500. The van der Waals surface area contributed by atoms with E-state index in [4.69, 9.17) is 0 Å². The summed E-state index contributed by atoms with van der Waals surface area (Å²) in [4.78, 5) is 10.2. The molecule has 0 aliphatic carbocycles. The lowest BCUT2D eigenvalue weighted by Gasteiger charge is -2.08. The van der Waals surface area contributed by atoms with Crippen molar-refractivity contribution in [2.45, 2.75) is 40.2 Å². The Labute approximate surface area is 110 Å². The average molecular weight is 267 g/mol. The van der Waals surface area contributed by atoms with Crippen molar-refractivity contribution >= 4 is 27.8 Å². The van der Waals surface area contributed by atoms with Gasteiger partial charge in [0.1, 0.15) is 0 Å². The molecule has 2 aromatic heterocycles. The van der Waals surface area contributed by atoms with Gasteiger partial charge in [0.15, 0.2) is 5.13 Å². The van der Waals surface area contributed by atoms with Crippen LogP contribution >= 0.6 is 22.7 Å². The summed E-state index contributed by atoms with van der Waals surface area (Å²) < 4.78 is 0. The summed E-state index contributed by atoms with van der Waals surface area (Å²) in [7, 11) is 0. The number of aromatic nitrogens is 2. The second-order valence-electron chi connectivity index (χ2n) is 4.14. The van der Waals surface area contributed by atoms with Crippen LogP contribution in [0.25, 0.3) is 10.6 Å². The SMILES string of the molecule is CCC(C)Nc1nc(-c2sc(C)nc2C)cs1. The number of rotatable bonds is 4. The molecule has 0 saturated heterocycles. The van der Waals surface area contributed by atoms with Crippen LogP contribution in [0.1, 0.15) is 31.0 Å². The number of hydrogen-bond acceptors (Lipinski definition) is 5. The predicted molar refractivity (Wildman–Crippen MR) is 76.1 cm³/mol. The molecule has 0 saturated carbocycles. The van der Waals surface area contributed by atoms with E-state index < -0.39 is 0 Å². The summed E-state index contributed by atoms with van der Waals surface area (Å²) in [5, 5.41) is 7.60. The minimum absolute atomic E-state index is 0.471. The van der Waals surface area contributed by atoms with Gasteiger partial charge in [-0.3, -0.25) is 0 Å². The lowest BCUT2D eigenvalue weighted by Crippen LogP contribution is -2.12. The third kappa shape index (κ3) is 2.84. The first kappa shape index (κ1) is 12.5. The lowest BCUT2D eigenvalue weighted by molar-refractivity contribution is 0.763. The first-order chi connectivity index (χ1) is 8.10. The van der Waals surface area contributed by atoms with Gasteiger partial charge in [-0.1, -0.05) is 6.92 Å². The highest BCUT2D eigenvalue weighted by atomic mass is 32.1. The van der Waals surface area contributed by atoms with Gasteiger partial charge in [-0.2, -0.15) is 0 Å². The zero-order valence-electron chi connectivity index (χ0n) is 10.6. The quantitative estimate of drug-likeness (QED) is 0.906. The molecule has 0 radical (unpaired) electrons. The van der Waals surface area contributed by atoms with Gasteiger partial charge >= 0.3 is 0 Å². The lowest BCUT2D eigenvalue weighted by atomic mass is 10.3. The van der Waals surface area contributed by atoms with Crippen LogP contribution in [0.4, 0.5) is 5.13 Å². The van der Waals surface area contributed by atoms with Gasteiger partial charge in [0.05, 0.1) is 21.3 Å². The number of nitrogens with zero attached hydrogens (tertiary/aromatic N) is 2. The Hall–Kier alpha value is -0.940. The van der Waals surface area contributed by atoms with Gasteiger partial charge < -0.3 is 5.32 Å². The van der Waals surface area contributed by atoms with Crippen molar-refractivity contribution in [3.8, 4) is 10.6 Å². The molecule has 2 rings (SSSR count). The van der Waals surface area contributed by atoms with E-state index in [1.54, 1.807) is 22.7 Å². The molecular weight excluding hydrogens is 250 g/mol. The Morgan fingerprint density at radius 3 is 2.71 bits per heavy atom. The van der Waals surface area contributed by atoms with Crippen LogP contribution in [0.5, 0.6) is 0 Å². The number of nitrogens with one attached hydrogen (secondary N) is 1. The van der Waals surface area contributed by atoms with Crippen molar-refractivity contribution in [3.05, 3.63) is 16.1 Å². The Kier molecular flexibility index (Phi) is 3.79. The molecule has 2 heterocycles. The molecule has 1 atom stereocenters. The van der Waals surface area contributed by atoms with E-state index in [1.165, 1.54) is 4.88 Å². The largest absolute Gasteiger partial charge is 0.359 e. The van der Waals surface area contributed by atoms with E-state index in [1.807, 2.05) is 13.8 Å². The minimum atomic E-state index is 0.471. The first-order valence-corrected chi connectivity index (χ1v) is 7.46. The maximum Gasteiger partial charge on any atom is 0.183 e. The minimum Gasteiger partial charge on any atom is -0.359 e. The smallest absolute Gasteiger partial charge is 0.183 e. The van der Waals surface area contributed by atoms with Crippen molar-refractivity contribution in [2.24, 2.45) is 0 Å². The molecule has 5 heteroatoms. The zero-order chi connectivity index (χ0) is 12.4. The highest BCUT2D eigenvalue weighted by Crippen LogP contribution is 2.32. The summed E-state index contributed by atoms with van der Waals surface area (Å²) in [6.07, 6.45) is 1.10. The van der Waals surface area contributed by atoms with E-state index in [2.05, 4.69) is 34.5 Å². The van der Waals surface area contributed by atoms with E-state index in [-0.39, 0.29) is 0 Å². The molecular formula is C12H17N3S2. The van der Waals surface area contributed by atoms with Gasteiger partial charge in [-0.05, 0) is 27.2 Å². The maximum atomic E-state index is 4.62. The summed E-state index contributed by atoms with van der Waals surface area (Å²) in [6.45, 7) is 8.41. The monoisotopic (exact) mass is 267 g/mol. The molecule has 0 bridgehead atoms. The normalized spacial score (nSPS) is 12.7. The maximum absolute atomic E-state index is 4.62. The molecule has 0 fully saturated rings. The predicted octanol–water partition coefficient (Wildman–Crippen LogP) is 4.09. The van der Waals surface area contributed by atoms with Crippen molar-refractivity contribution in [1.82, 2.24) is 9.97 Å². The summed E-state index contributed by atoms with van der Waals surface area (Å²) >= 11 is 3.37. The summed E-state index contributed by atoms with van der Waals surface area (Å²) in [6, 6.07) is 0.471. The standard InChI is InChI=1S/C12H17N3S2/c1-5-7(2)13-12-15-10(6-16-12)11-8(3)14-9(4)17-11/h6-7H,5H2,1-4H3,(H,13,15). The molecule has 17 heavy (non-hydrogen) atoms. The molecule has 2 aromatic rings. The van der Waals surface area contributed by atoms with Crippen molar-refractivity contribution < 1.29 is 0 Å². The first-order valence-electron chi connectivity index (χ1n) is 5.76. The van der Waals surface area contributed by atoms with Crippen LogP contribution in [-0.2, 0) is 0 Å². The summed E-state index contributed by atoms with van der Waals surface area (Å²) in [5.41, 5.74) is 2.12. The number of aryl methyl sites for hydroxylation is 2. The van der Waals surface area contributed by atoms with Gasteiger partial charge in [0.2, 0.25) is 0 Å². The second-order valence-corrected chi connectivity index (χ2v) is 6.20. The van der Waals surface area contributed by atoms with Crippen LogP contribution in [-0.4, -0.2) is 16.0 Å². The van der Waals surface area contributed by atoms with E-state index in [9.17, 15) is 0 Å². The number of anilines is 1. The van der Waals surface area contributed by atoms with Gasteiger partial charge in [0.25, 0.3) is 0 Å². The molecule has 0 aromatic carbocycles.